The van der Waals surface area contributed by atoms with Crippen LogP contribution in [-0.2, 0) is 61.3 Å². The zero-order valence-corrected chi connectivity index (χ0v) is 44.8. The van der Waals surface area contributed by atoms with Crippen LogP contribution in [0.5, 0.6) is 11.5 Å². The molecule has 446 valence electrons. The van der Waals surface area contributed by atoms with Crippen LogP contribution in [0.1, 0.15) is 50.6 Å². The van der Waals surface area contributed by atoms with Gasteiger partial charge < -0.3 is 105 Å². The first kappa shape index (κ1) is 63.4. The Hall–Kier alpha value is -8.16. The number of benzene rings is 3. The van der Waals surface area contributed by atoms with Gasteiger partial charge in [0.1, 0.15) is 60.3 Å². The first-order valence-corrected chi connectivity index (χ1v) is 26.1. The van der Waals surface area contributed by atoms with Crippen LogP contribution in [0.25, 0.3) is 0 Å². The van der Waals surface area contributed by atoms with Gasteiger partial charge in [-0.15, -0.1) is 0 Å². The molecule has 26 nitrogen and oxygen atoms in total. The summed E-state index contributed by atoms with van der Waals surface area (Å²) in [5.41, 5.74) is 10.2. The first-order chi connectivity index (χ1) is 40.1. The van der Waals surface area contributed by atoms with Gasteiger partial charge in [-0.25, -0.2) is 0 Å². The van der Waals surface area contributed by atoms with Gasteiger partial charge in [0.2, 0.25) is 12.6 Å². The molecular weight excluding hydrogens is 1100 g/mol. The van der Waals surface area contributed by atoms with Gasteiger partial charge in [-0.05, 0) is 96.9 Å². The monoisotopic (exact) mass is 1160 g/mol. The summed E-state index contributed by atoms with van der Waals surface area (Å²) in [6, 6.07) is 25.9. The number of carbonyl (C=O) groups is 4. The van der Waals surface area contributed by atoms with E-state index in [2.05, 4.69) is 23.7 Å². The summed E-state index contributed by atoms with van der Waals surface area (Å²) in [6.07, 6.45) is -14.6. The van der Waals surface area contributed by atoms with Crippen molar-refractivity contribution in [3.05, 3.63) is 148 Å². The Morgan fingerprint density at radius 1 is 0.476 bits per heavy atom. The van der Waals surface area contributed by atoms with Crippen LogP contribution in [0.4, 0.5) is 5.69 Å². The summed E-state index contributed by atoms with van der Waals surface area (Å²) in [6.45, 7) is -4.62. The first-order valence-electron chi connectivity index (χ1n) is 26.1. The zero-order chi connectivity index (χ0) is 60.6. The molecule has 0 aliphatic carbocycles. The molecule has 26 heteroatoms. The van der Waals surface area contributed by atoms with E-state index in [0.29, 0.717) is 52.3 Å². The van der Waals surface area contributed by atoms with Gasteiger partial charge in [0.15, 0.2) is 0 Å². The van der Waals surface area contributed by atoms with E-state index in [1.807, 2.05) is 17.0 Å². The third kappa shape index (κ3) is 18.7. The molecule has 2 saturated heterocycles. The van der Waals surface area contributed by atoms with Gasteiger partial charge in [-0.2, -0.15) is 0 Å². The summed E-state index contributed by atoms with van der Waals surface area (Å²) < 4.78 is 22.3. The highest BCUT2D eigenvalue weighted by Gasteiger charge is 2.46. The molecule has 5 aromatic rings. The van der Waals surface area contributed by atoms with Crippen LogP contribution in [0, 0.1) is 23.7 Å². The lowest BCUT2D eigenvalue weighted by atomic mass is 9.99. The quantitative estimate of drug-likeness (QED) is 0.0194. The van der Waals surface area contributed by atoms with Gasteiger partial charge in [0.25, 0.3) is 0 Å². The minimum atomic E-state index is -1.66. The molecule has 0 spiro atoms. The largest absolute Gasteiger partial charge is 0.549 e. The number of aliphatic hydroxyl groups is 8. The summed E-state index contributed by atoms with van der Waals surface area (Å²) in [4.78, 5) is 60.7. The van der Waals surface area contributed by atoms with Gasteiger partial charge in [0, 0.05) is 86.8 Å². The van der Waals surface area contributed by atoms with Crippen molar-refractivity contribution in [3.8, 4) is 35.2 Å². The second-order valence-corrected chi connectivity index (χ2v) is 19.8. The number of hydrogen-bond acceptors (Lipinski definition) is 26. The number of carboxylic acid groups (broad SMARTS) is 4. The second kappa shape index (κ2) is 29.9. The number of carboxylic acids is 4. The standard InChI is InChI=1S/C58H64N6O20/c59-38-11-5-35(6-12-38)17-18-62(23-39-19-36(21-41(60-39)25-63(27-47(67)68)28-48(69)70)3-1-33-7-13-43(14-8-33)81-57-55(79)53(77)51(75)45(31-65)83-57)24-40-20-37(22-42(61-40)26-64(29-49(71)72)30-50(73)74)4-2-34-9-15-44(16-10-34)82-58-56(80)54(78)52(76)46(32-66)84-58/h5-16,19-22,45-46,51-58,65-66,75-80H,17-18,23-32,59H2,(H,67,68)(H,69,70)(H,71,72)(H,73,74)/p-4/t45?,46?,51-,52+,53+,54-,55?,56?,57-,58+. The molecule has 7 rings (SSSR count). The van der Waals surface area contributed by atoms with Crippen molar-refractivity contribution in [2.75, 3.05) is 51.7 Å². The minimum absolute atomic E-state index is 0.0500. The summed E-state index contributed by atoms with van der Waals surface area (Å²) >= 11 is 0. The third-order valence-corrected chi connectivity index (χ3v) is 13.1. The number of nitrogens with zero attached hydrogens (tertiary/aromatic N) is 5. The third-order valence-electron chi connectivity index (χ3n) is 13.1. The Bertz CT molecular complexity index is 2960. The van der Waals surface area contributed by atoms with Crippen LogP contribution in [0.2, 0.25) is 0 Å². The number of aliphatic hydroxyl groups excluding tert-OH is 8. The number of pyridine rings is 2. The van der Waals surface area contributed by atoms with Crippen LogP contribution in [0.3, 0.4) is 0 Å². The van der Waals surface area contributed by atoms with Crippen molar-refractivity contribution in [2.24, 2.45) is 0 Å². The van der Waals surface area contributed by atoms with Crippen molar-refractivity contribution in [3.63, 3.8) is 0 Å². The van der Waals surface area contributed by atoms with Crippen molar-refractivity contribution >= 4 is 29.6 Å². The normalized spacial score (nSPS) is 22.1. The highest BCUT2D eigenvalue weighted by molar-refractivity contribution is 5.71. The van der Waals surface area contributed by atoms with Gasteiger partial charge in [0.05, 0.1) is 59.9 Å². The Kier molecular flexibility index (Phi) is 22.6. The van der Waals surface area contributed by atoms with Crippen LogP contribution >= 0.6 is 0 Å². The number of hydrogen-bond donors (Lipinski definition) is 9. The highest BCUT2D eigenvalue weighted by Crippen LogP contribution is 2.27. The summed E-state index contributed by atoms with van der Waals surface area (Å²) in [7, 11) is 0. The average Bonchev–Trinajstić information content (AvgIpc) is 3.32. The molecule has 3 aromatic carbocycles. The Morgan fingerprint density at radius 3 is 1.14 bits per heavy atom. The molecule has 0 radical (unpaired) electrons. The van der Waals surface area contributed by atoms with E-state index in [4.69, 9.17) is 34.6 Å². The Balaban J connectivity index is 1.21. The predicted octanol–water partition coefficient (Wildman–Crippen LogP) is -6.94. The van der Waals surface area contributed by atoms with E-state index in [-0.39, 0.29) is 49.1 Å². The van der Waals surface area contributed by atoms with Crippen molar-refractivity contribution in [1.82, 2.24) is 24.7 Å². The van der Waals surface area contributed by atoms with Crippen LogP contribution in [0.15, 0.2) is 97.1 Å². The molecular formula is C58H60N6O20-4. The van der Waals surface area contributed by atoms with Crippen LogP contribution in [-0.4, -0.2) is 197 Å². The van der Waals surface area contributed by atoms with Crippen molar-refractivity contribution < 1.29 is 99.4 Å². The fraction of sp³-hybridized carbons (Fsp3) is 0.379. The maximum atomic E-state index is 11.7. The number of anilines is 1. The number of carbonyl (C=O) groups excluding carboxylic acids is 4. The van der Waals surface area contributed by atoms with Crippen molar-refractivity contribution in [2.45, 2.75) is 94.0 Å². The summed E-state index contributed by atoms with van der Waals surface area (Å²) in [5.74, 6) is 6.33. The number of aliphatic carboxylic acids is 4. The highest BCUT2D eigenvalue weighted by atomic mass is 16.7. The number of ether oxygens (including phenoxy) is 4. The fourth-order valence-corrected chi connectivity index (χ4v) is 9.06. The molecule has 4 heterocycles. The predicted molar refractivity (Wildman–Crippen MR) is 281 cm³/mol. The molecule has 2 fully saturated rings. The van der Waals surface area contributed by atoms with E-state index in [1.165, 1.54) is 24.3 Å². The SMILES string of the molecule is Nc1ccc(CCN(Cc2cc(C#Cc3ccc(O[C@@H]4OC(CO)[C@@H](O)[C@H](O)C4O)cc3)cc(CN(CC(=O)[O-])CC(=O)[O-])n2)Cc2cc(C#Cc3ccc(O[C@H]4OC(CO)[C@H](O)[C@@H](O)C4O)cc3)cc(CN(CC(=O)[O-])CC(=O)[O-])n2)cc1. The maximum Gasteiger partial charge on any atom is 0.229 e. The van der Waals surface area contributed by atoms with E-state index in [9.17, 15) is 80.5 Å². The lowest BCUT2D eigenvalue weighted by Gasteiger charge is -2.39. The number of aromatic nitrogens is 2. The molecule has 2 aliphatic rings. The molecule has 84 heavy (non-hydrogen) atoms. The Morgan fingerprint density at radius 2 is 0.810 bits per heavy atom. The molecule has 2 aliphatic heterocycles. The van der Waals surface area contributed by atoms with Gasteiger partial charge in [-0.1, -0.05) is 35.8 Å². The maximum absolute atomic E-state index is 11.7. The van der Waals surface area contributed by atoms with E-state index in [1.54, 1.807) is 60.7 Å². The number of rotatable bonds is 25. The van der Waals surface area contributed by atoms with Gasteiger partial charge >= 0.3 is 0 Å². The molecule has 0 bridgehead atoms. The Labute approximate surface area is 480 Å². The number of nitrogens with two attached hydrogens (primary N) is 1. The average molecular weight is 1160 g/mol. The number of nitrogen functional groups attached to an aromatic ring is 1. The fourth-order valence-electron chi connectivity index (χ4n) is 9.06. The topological polar surface area (TPSA) is 421 Å². The lowest BCUT2D eigenvalue weighted by Crippen LogP contribution is -2.60. The zero-order valence-electron chi connectivity index (χ0n) is 44.8. The lowest BCUT2D eigenvalue weighted by molar-refractivity contribution is -0.313. The second-order valence-electron chi connectivity index (χ2n) is 19.8. The van der Waals surface area contributed by atoms with E-state index < -0.39 is 125 Å². The molecule has 10 N–H and O–H groups in total. The van der Waals surface area contributed by atoms with Crippen LogP contribution < -0.4 is 35.6 Å². The van der Waals surface area contributed by atoms with Gasteiger partial charge in [-0.3, -0.25) is 24.7 Å². The van der Waals surface area contributed by atoms with Crippen molar-refractivity contribution in [1.29, 1.82) is 0 Å². The molecule has 10 atom stereocenters. The summed E-state index contributed by atoms with van der Waals surface area (Å²) in [5, 5.41) is 128. The molecule has 4 unspecified atom stereocenters. The molecule has 2 aromatic heterocycles. The van der Waals surface area contributed by atoms with E-state index in [0.717, 1.165) is 15.4 Å². The smallest absolute Gasteiger partial charge is 0.229 e. The van der Waals surface area contributed by atoms with E-state index >= 15 is 0 Å². The molecule has 0 amide bonds. The minimum Gasteiger partial charge on any atom is -0.549 e. The molecule has 0 saturated carbocycles.